The first-order valence-corrected chi connectivity index (χ1v) is 6.37. The zero-order valence-corrected chi connectivity index (χ0v) is 7.39. The first kappa shape index (κ1) is 8.61. The van der Waals surface area contributed by atoms with E-state index >= 15 is 0 Å². The van der Waals surface area contributed by atoms with E-state index in [9.17, 15) is 0 Å². The summed E-state index contributed by atoms with van der Waals surface area (Å²) in [5.41, 5.74) is 0. The van der Waals surface area contributed by atoms with Gasteiger partial charge in [0.2, 0.25) is 0 Å². The number of hydrogen-bond donors (Lipinski definition) is 0. The molecule has 0 aromatic rings. The fourth-order valence-corrected chi connectivity index (χ4v) is 1.16. The van der Waals surface area contributed by atoms with Gasteiger partial charge in [-0.15, -0.1) is 0 Å². The highest BCUT2D eigenvalue weighted by Crippen LogP contribution is 2.37. The summed E-state index contributed by atoms with van der Waals surface area (Å²) in [7, 11) is 0. The highest BCUT2D eigenvalue weighted by Gasteiger charge is 1.97. The summed E-state index contributed by atoms with van der Waals surface area (Å²) in [6.45, 7) is 6.91. The molecular weight excluding hydrogens is 139 g/mol. The minimum Gasteiger partial charge on any atom is -0.351 e. The minimum atomic E-state index is -1.35. The smallest absolute Gasteiger partial charge is 0.0616 e. The fourth-order valence-electron chi connectivity index (χ4n) is 0.311. The van der Waals surface area contributed by atoms with Gasteiger partial charge in [-0.3, -0.25) is 0 Å². The molecule has 0 aliphatic heterocycles. The third-order valence-electron chi connectivity index (χ3n) is 0.606. The van der Waals surface area contributed by atoms with Crippen molar-refractivity contribution >= 4 is 18.1 Å². The van der Waals surface area contributed by atoms with Crippen LogP contribution in [0.15, 0.2) is 0 Å². The van der Waals surface area contributed by atoms with Crippen LogP contribution in [-0.4, -0.2) is 19.9 Å². The highest BCUT2D eigenvalue weighted by atomic mass is 32.4. The summed E-state index contributed by atoms with van der Waals surface area (Å²) < 4.78 is 5.30. The predicted octanol–water partition coefficient (Wildman–Crippen LogP) is 2.07. The van der Waals surface area contributed by atoms with Crippen LogP contribution in [0.1, 0.15) is 13.3 Å². The van der Waals surface area contributed by atoms with Crippen LogP contribution in [-0.2, 0) is 16.3 Å². The van der Waals surface area contributed by atoms with Crippen molar-refractivity contribution in [3.05, 3.63) is 0 Å². The molecule has 0 unspecified atom stereocenters. The van der Waals surface area contributed by atoms with Crippen LogP contribution in [0.4, 0.5) is 0 Å². The summed E-state index contributed by atoms with van der Waals surface area (Å²) >= 11 is 5.04. The van der Waals surface area contributed by atoms with Crippen LogP contribution in [0, 0.1) is 0 Å². The third kappa shape index (κ3) is 6.61. The second-order valence-electron chi connectivity index (χ2n) is 2.09. The standard InChI is InChI=1S/C5H13OPS/c1-4-5-6-7(2,3)8/h4-5H2,1-3H3. The van der Waals surface area contributed by atoms with E-state index in [0.717, 1.165) is 13.0 Å². The van der Waals surface area contributed by atoms with E-state index in [1.54, 1.807) is 0 Å². The van der Waals surface area contributed by atoms with Gasteiger partial charge < -0.3 is 4.52 Å². The maximum absolute atomic E-state index is 5.30. The Kier molecular flexibility index (Phi) is 3.87. The zero-order valence-electron chi connectivity index (χ0n) is 5.68. The molecule has 0 N–H and O–H groups in total. The molecule has 3 heteroatoms. The van der Waals surface area contributed by atoms with Crippen molar-refractivity contribution in [3.8, 4) is 0 Å². The zero-order chi connectivity index (χ0) is 6.62. The third-order valence-corrected chi connectivity index (χ3v) is 1.73. The Bertz CT molecular complexity index is 96.6. The van der Waals surface area contributed by atoms with E-state index < -0.39 is 6.26 Å². The lowest BCUT2D eigenvalue weighted by atomic mass is 10.5. The van der Waals surface area contributed by atoms with Gasteiger partial charge in [-0.05, 0) is 19.8 Å². The quantitative estimate of drug-likeness (QED) is 0.572. The second-order valence-corrected chi connectivity index (χ2v) is 7.49. The molecule has 0 rings (SSSR count). The lowest BCUT2D eigenvalue weighted by Crippen LogP contribution is -1.86. The maximum atomic E-state index is 5.30. The van der Waals surface area contributed by atoms with E-state index in [-0.39, 0.29) is 0 Å². The summed E-state index contributed by atoms with van der Waals surface area (Å²) in [4.78, 5) is 0. The van der Waals surface area contributed by atoms with Crippen molar-refractivity contribution in [1.29, 1.82) is 0 Å². The Labute approximate surface area is 56.5 Å². The molecule has 0 radical (unpaired) electrons. The largest absolute Gasteiger partial charge is 0.351 e. The SMILES string of the molecule is CCCOP(C)(C)=S. The molecule has 0 aromatic heterocycles. The Balaban J connectivity index is 3.26. The lowest BCUT2D eigenvalue weighted by Gasteiger charge is -2.09. The second kappa shape index (κ2) is 3.60. The predicted molar refractivity (Wildman–Crippen MR) is 42.4 cm³/mol. The van der Waals surface area contributed by atoms with Gasteiger partial charge in [0, 0.05) is 0 Å². The summed E-state index contributed by atoms with van der Waals surface area (Å²) in [5, 5.41) is 0. The molecular formula is C5H13OPS. The molecule has 0 bridgehead atoms. The molecule has 1 nitrogen and oxygen atoms in total. The number of hydrogen-bond acceptors (Lipinski definition) is 2. The molecule has 0 atom stereocenters. The van der Waals surface area contributed by atoms with Gasteiger partial charge in [0.15, 0.2) is 0 Å². The minimum absolute atomic E-state index is 0.824. The van der Waals surface area contributed by atoms with Crippen LogP contribution < -0.4 is 0 Å². The van der Waals surface area contributed by atoms with Crippen LogP contribution in [0.3, 0.4) is 0 Å². The van der Waals surface area contributed by atoms with E-state index in [2.05, 4.69) is 6.92 Å². The van der Waals surface area contributed by atoms with Crippen LogP contribution >= 0.6 is 6.26 Å². The van der Waals surface area contributed by atoms with Gasteiger partial charge in [-0.25, -0.2) is 0 Å². The van der Waals surface area contributed by atoms with Crippen molar-refractivity contribution in [2.75, 3.05) is 19.9 Å². The molecule has 0 saturated carbocycles. The van der Waals surface area contributed by atoms with E-state index in [1.807, 2.05) is 13.3 Å². The van der Waals surface area contributed by atoms with Gasteiger partial charge in [0.1, 0.15) is 0 Å². The topological polar surface area (TPSA) is 9.23 Å². The Morgan fingerprint density at radius 1 is 1.50 bits per heavy atom. The van der Waals surface area contributed by atoms with Crippen LogP contribution in [0.25, 0.3) is 0 Å². The summed E-state index contributed by atoms with van der Waals surface area (Å²) in [5.74, 6) is 0. The van der Waals surface area contributed by atoms with Gasteiger partial charge in [-0.1, -0.05) is 18.7 Å². The normalized spacial score (nSPS) is 11.9. The van der Waals surface area contributed by atoms with Crippen LogP contribution in [0.5, 0.6) is 0 Å². The molecule has 0 amide bonds. The summed E-state index contributed by atoms with van der Waals surface area (Å²) in [6, 6.07) is 0. The molecule has 0 aromatic carbocycles. The maximum Gasteiger partial charge on any atom is 0.0616 e. The van der Waals surface area contributed by atoms with Gasteiger partial charge in [0.05, 0.1) is 12.9 Å². The highest BCUT2D eigenvalue weighted by molar-refractivity contribution is 8.11. The molecule has 0 saturated heterocycles. The lowest BCUT2D eigenvalue weighted by molar-refractivity contribution is 0.355. The molecule has 0 fully saturated rings. The first-order valence-electron chi connectivity index (χ1n) is 2.76. The van der Waals surface area contributed by atoms with E-state index in [4.69, 9.17) is 16.3 Å². The first-order chi connectivity index (χ1) is 3.56. The van der Waals surface area contributed by atoms with Crippen molar-refractivity contribution in [3.63, 3.8) is 0 Å². The monoisotopic (exact) mass is 152 g/mol. The molecule has 0 heterocycles. The summed E-state index contributed by atoms with van der Waals surface area (Å²) in [6.07, 6.45) is -0.279. The molecule has 8 heavy (non-hydrogen) atoms. The van der Waals surface area contributed by atoms with Crippen molar-refractivity contribution < 1.29 is 4.52 Å². The Morgan fingerprint density at radius 3 is 2.12 bits per heavy atom. The number of rotatable bonds is 3. The molecule has 50 valence electrons. The van der Waals surface area contributed by atoms with Gasteiger partial charge in [0.25, 0.3) is 0 Å². The van der Waals surface area contributed by atoms with E-state index in [1.165, 1.54) is 0 Å². The van der Waals surface area contributed by atoms with Crippen molar-refractivity contribution in [2.45, 2.75) is 13.3 Å². The van der Waals surface area contributed by atoms with Gasteiger partial charge in [-0.2, -0.15) is 0 Å². The van der Waals surface area contributed by atoms with Crippen LogP contribution in [0.2, 0.25) is 0 Å². The average molecular weight is 152 g/mol. The van der Waals surface area contributed by atoms with Crippen molar-refractivity contribution in [2.24, 2.45) is 0 Å². The molecule has 0 aliphatic carbocycles. The Morgan fingerprint density at radius 2 is 2.00 bits per heavy atom. The van der Waals surface area contributed by atoms with E-state index in [0.29, 0.717) is 0 Å². The average Bonchev–Trinajstić information content (AvgIpc) is 1.59. The fraction of sp³-hybridized carbons (Fsp3) is 1.00. The Hall–Kier alpha value is 0.610. The van der Waals surface area contributed by atoms with Gasteiger partial charge >= 0.3 is 0 Å². The van der Waals surface area contributed by atoms with Crippen molar-refractivity contribution in [1.82, 2.24) is 0 Å². The molecule has 0 aliphatic rings. The molecule has 0 spiro atoms.